The van der Waals surface area contributed by atoms with E-state index in [2.05, 4.69) is 0 Å². The predicted molar refractivity (Wildman–Crippen MR) is 65.3 cm³/mol. The van der Waals surface area contributed by atoms with Gasteiger partial charge in [0.2, 0.25) is 0 Å². The number of nitrogens with two attached hydrogens (primary N) is 1. The van der Waals surface area contributed by atoms with E-state index >= 15 is 0 Å². The molecule has 86 valence electrons. The Balaban J connectivity index is 2.81. The van der Waals surface area contributed by atoms with Crippen molar-refractivity contribution in [3.05, 3.63) is 35.9 Å². The summed E-state index contributed by atoms with van der Waals surface area (Å²) in [4.78, 5) is 3.06. The number of hydrogen-bond acceptors (Lipinski definition) is 2. The van der Waals surface area contributed by atoms with Crippen molar-refractivity contribution in [2.75, 3.05) is 14.1 Å². The fourth-order valence-corrected chi connectivity index (χ4v) is 1.28. The van der Waals surface area contributed by atoms with Crippen LogP contribution >= 0.6 is 0 Å². The van der Waals surface area contributed by atoms with Gasteiger partial charge in [-0.3, -0.25) is 15.7 Å². The summed E-state index contributed by atoms with van der Waals surface area (Å²) in [5.74, 6) is 0.0823. The number of rotatable bonds is 2. The summed E-state index contributed by atoms with van der Waals surface area (Å²) in [6.07, 6.45) is 0. The topological polar surface area (TPSA) is 80.2 Å². The van der Waals surface area contributed by atoms with Crippen molar-refractivity contribution >= 4 is 11.9 Å². The van der Waals surface area contributed by atoms with Crippen LogP contribution in [0.4, 0.5) is 0 Å². The van der Waals surface area contributed by atoms with Crippen molar-refractivity contribution in [2.24, 2.45) is 5.73 Å². The highest BCUT2D eigenvalue weighted by Crippen LogP contribution is 2.05. The Hall–Kier alpha value is -2.04. The molecule has 0 bridgehead atoms. The van der Waals surface area contributed by atoms with E-state index in [0.29, 0.717) is 6.54 Å². The van der Waals surface area contributed by atoms with Crippen molar-refractivity contribution < 1.29 is 0 Å². The lowest BCUT2D eigenvalue weighted by molar-refractivity contribution is 0.472. The van der Waals surface area contributed by atoms with Gasteiger partial charge in [-0.15, -0.1) is 0 Å². The minimum Gasteiger partial charge on any atom is -0.370 e. The van der Waals surface area contributed by atoms with Gasteiger partial charge in [-0.05, 0) is 5.56 Å². The van der Waals surface area contributed by atoms with Crippen molar-refractivity contribution in [2.45, 2.75) is 6.54 Å². The van der Waals surface area contributed by atoms with E-state index < -0.39 is 0 Å². The maximum atomic E-state index is 7.81. The minimum absolute atomic E-state index is 0.123. The van der Waals surface area contributed by atoms with Gasteiger partial charge in [0, 0.05) is 14.1 Å². The molecule has 0 saturated carbocycles. The van der Waals surface area contributed by atoms with Crippen LogP contribution in [0.5, 0.6) is 0 Å². The van der Waals surface area contributed by atoms with Crippen LogP contribution in [-0.2, 0) is 6.54 Å². The van der Waals surface area contributed by atoms with Crippen LogP contribution in [0.15, 0.2) is 30.3 Å². The summed E-state index contributed by atoms with van der Waals surface area (Å²) in [7, 11) is 3.51. The first-order valence-corrected chi connectivity index (χ1v) is 4.93. The Labute approximate surface area is 95.5 Å². The van der Waals surface area contributed by atoms with Crippen LogP contribution in [0, 0.1) is 10.8 Å². The monoisotopic (exact) mass is 219 g/mol. The summed E-state index contributed by atoms with van der Waals surface area (Å²) < 4.78 is 0. The smallest absolute Gasteiger partial charge is 0.200 e. The molecule has 0 heterocycles. The molecule has 0 saturated heterocycles. The third-order valence-electron chi connectivity index (χ3n) is 2.15. The first kappa shape index (κ1) is 12.0. The highest BCUT2D eigenvalue weighted by Gasteiger charge is 2.14. The quantitative estimate of drug-likeness (QED) is 0.510. The van der Waals surface area contributed by atoms with Gasteiger partial charge in [-0.25, -0.2) is 0 Å². The lowest BCUT2D eigenvalue weighted by atomic mass is 10.2. The summed E-state index contributed by atoms with van der Waals surface area (Å²) in [5, 5.41) is 15.3. The molecule has 0 spiro atoms. The SMILES string of the molecule is CN(C)C(=N)N(Cc1ccccc1)C(=N)N. The van der Waals surface area contributed by atoms with Gasteiger partial charge in [-0.2, -0.15) is 0 Å². The van der Waals surface area contributed by atoms with E-state index in [1.165, 1.54) is 4.90 Å². The van der Waals surface area contributed by atoms with E-state index in [9.17, 15) is 0 Å². The van der Waals surface area contributed by atoms with Gasteiger partial charge >= 0.3 is 0 Å². The largest absolute Gasteiger partial charge is 0.370 e. The molecule has 0 amide bonds. The zero-order chi connectivity index (χ0) is 12.1. The summed E-state index contributed by atoms with van der Waals surface area (Å²) in [6.45, 7) is 0.438. The average Bonchev–Trinajstić information content (AvgIpc) is 2.26. The van der Waals surface area contributed by atoms with Crippen molar-refractivity contribution in [3.63, 3.8) is 0 Å². The third-order valence-corrected chi connectivity index (χ3v) is 2.15. The summed E-state index contributed by atoms with van der Waals surface area (Å²) >= 11 is 0. The van der Waals surface area contributed by atoms with Crippen LogP contribution in [0.2, 0.25) is 0 Å². The zero-order valence-corrected chi connectivity index (χ0v) is 9.57. The molecular weight excluding hydrogens is 202 g/mol. The molecule has 1 aromatic carbocycles. The first-order chi connectivity index (χ1) is 7.52. The van der Waals surface area contributed by atoms with Crippen molar-refractivity contribution in [1.82, 2.24) is 9.80 Å². The average molecular weight is 219 g/mol. The maximum Gasteiger partial charge on any atom is 0.200 e. The Morgan fingerprint density at radius 2 is 1.75 bits per heavy atom. The maximum absolute atomic E-state index is 7.81. The Kier molecular flexibility index (Phi) is 3.88. The van der Waals surface area contributed by atoms with E-state index in [0.717, 1.165) is 5.56 Å². The lowest BCUT2D eigenvalue weighted by Gasteiger charge is -2.27. The molecule has 0 unspecified atom stereocenters. The van der Waals surface area contributed by atoms with Gasteiger partial charge < -0.3 is 10.6 Å². The second-order valence-corrected chi connectivity index (χ2v) is 3.68. The summed E-state index contributed by atoms with van der Waals surface area (Å²) in [6, 6.07) is 9.66. The number of nitrogens with zero attached hydrogens (tertiary/aromatic N) is 2. The van der Waals surface area contributed by atoms with Crippen molar-refractivity contribution in [3.8, 4) is 0 Å². The van der Waals surface area contributed by atoms with Crippen molar-refractivity contribution in [1.29, 1.82) is 10.8 Å². The van der Waals surface area contributed by atoms with Crippen LogP contribution in [-0.4, -0.2) is 35.8 Å². The van der Waals surface area contributed by atoms with E-state index in [4.69, 9.17) is 16.6 Å². The molecule has 5 nitrogen and oxygen atoms in total. The highest BCUT2D eigenvalue weighted by molar-refractivity contribution is 5.94. The van der Waals surface area contributed by atoms with Gasteiger partial charge in [0.25, 0.3) is 0 Å². The van der Waals surface area contributed by atoms with Gasteiger partial charge in [-0.1, -0.05) is 30.3 Å². The molecule has 0 aliphatic carbocycles. The van der Waals surface area contributed by atoms with Gasteiger partial charge in [0.05, 0.1) is 6.54 Å². The van der Waals surface area contributed by atoms with E-state index in [-0.39, 0.29) is 11.9 Å². The number of nitrogens with one attached hydrogen (secondary N) is 2. The first-order valence-electron chi connectivity index (χ1n) is 4.93. The Bertz CT molecular complexity index is 371. The third kappa shape index (κ3) is 2.98. The predicted octanol–water partition coefficient (Wildman–Crippen LogP) is 0.878. The molecular formula is C11H17N5. The molecule has 0 fully saturated rings. The number of guanidine groups is 2. The van der Waals surface area contributed by atoms with Gasteiger partial charge in [0.15, 0.2) is 11.9 Å². The van der Waals surface area contributed by atoms with Gasteiger partial charge in [0.1, 0.15) is 0 Å². The molecule has 5 heteroatoms. The van der Waals surface area contributed by atoms with E-state index in [1.807, 2.05) is 30.3 Å². The summed E-state index contributed by atoms with van der Waals surface area (Å²) in [5.41, 5.74) is 6.48. The zero-order valence-electron chi connectivity index (χ0n) is 9.57. The molecule has 4 N–H and O–H groups in total. The molecule has 0 radical (unpaired) electrons. The standard InChI is InChI=1S/C11H17N5/c1-15(2)11(14)16(10(12)13)8-9-6-4-3-5-7-9/h3-7,14H,8H2,1-2H3,(H3,12,13). The highest BCUT2D eigenvalue weighted by atomic mass is 15.4. The molecule has 0 aliphatic heterocycles. The molecule has 0 atom stereocenters. The molecule has 1 rings (SSSR count). The fourth-order valence-electron chi connectivity index (χ4n) is 1.28. The minimum atomic E-state index is -0.123. The van der Waals surface area contributed by atoms with Crippen LogP contribution in [0.25, 0.3) is 0 Å². The van der Waals surface area contributed by atoms with Crippen LogP contribution < -0.4 is 5.73 Å². The number of hydrogen-bond donors (Lipinski definition) is 3. The fraction of sp³-hybridized carbons (Fsp3) is 0.273. The normalized spacial score (nSPS) is 9.62. The molecule has 0 aromatic heterocycles. The molecule has 16 heavy (non-hydrogen) atoms. The Morgan fingerprint density at radius 1 is 1.19 bits per heavy atom. The van der Waals surface area contributed by atoms with Crippen LogP contribution in [0.3, 0.4) is 0 Å². The number of benzene rings is 1. The second-order valence-electron chi connectivity index (χ2n) is 3.68. The second kappa shape index (κ2) is 5.16. The lowest BCUT2D eigenvalue weighted by Crippen LogP contribution is -2.46. The molecule has 0 aliphatic rings. The van der Waals surface area contributed by atoms with Crippen LogP contribution in [0.1, 0.15) is 5.56 Å². The molecule has 1 aromatic rings. The van der Waals surface area contributed by atoms with E-state index in [1.54, 1.807) is 19.0 Å². The Morgan fingerprint density at radius 3 is 2.19 bits per heavy atom.